The molecule has 1 fully saturated rings. The van der Waals surface area contributed by atoms with Crippen LogP contribution in [-0.2, 0) is 10.8 Å². The van der Waals surface area contributed by atoms with E-state index in [0.717, 1.165) is 31.0 Å². The van der Waals surface area contributed by atoms with E-state index in [9.17, 15) is 4.21 Å². The Kier molecular flexibility index (Phi) is 4.28. The van der Waals surface area contributed by atoms with Gasteiger partial charge >= 0.3 is 0 Å². The summed E-state index contributed by atoms with van der Waals surface area (Å²) in [7, 11) is -0.634. The van der Waals surface area contributed by atoms with Crippen molar-refractivity contribution >= 4 is 28.0 Å². The maximum atomic E-state index is 11.2. The molecule has 0 saturated carbocycles. The summed E-state index contributed by atoms with van der Waals surface area (Å²) in [4.78, 5) is 2.75. The van der Waals surface area contributed by atoms with Crippen molar-refractivity contribution in [2.24, 2.45) is 5.73 Å². The first kappa shape index (κ1) is 11.1. The molecule has 1 heterocycles. The van der Waals surface area contributed by atoms with Gasteiger partial charge in [-0.05, 0) is 19.9 Å². The summed E-state index contributed by atoms with van der Waals surface area (Å²) in [5, 5.41) is 0. The van der Waals surface area contributed by atoms with Gasteiger partial charge < -0.3 is 5.73 Å². The molecule has 0 aliphatic carbocycles. The zero-order valence-electron chi connectivity index (χ0n) is 7.86. The molecule has 0 radical (unpaired) electrons. The molecule has 2 unspecified atom stereocenters. The summed E-state index contributed by atoms with van der Waals surface area (Å²) in [5.74, 6) is 1.58. The third-order valence-electron chi connectivity index (χ3n) is 2.38. The summed E-state index contributed by atoms with van der Waals surface area (Å²) in [6.07, 6.45) is 0.986. The molecule has 1 rings (SSSR count). The smallest absolute Gasteiger partial charge is 0.0899 e. The Bertz CT molecular complexity index is 220. The molecule has 0 aromatic heterocycles. The van der Waals surface area contributed by atoms with Gasteiger partial charge in [0.15, 0.2) is 0 Å². The largest absolute Gasteiger partial charge is 0.392 e. The summed E-state index contributed by atoms with van der Waals surface area (Å²) >= 11 is 4.93. The van der Waals surface area contributed by atoms with E-state index in [-0.39, 0.29) is 6.04 Å². The molecular formula is C8H16N2OS2. The Hall–Kier alpha value is -0.0000000000000000555. The van der Waals surface area contributed by atoms with Crippen LogP contribution in [0.15, 0.2) is 0 Å². The lowest BCUT2D eigenvalue weighted by molar-refractivity contribution is 0.274. The maximum Gasteiger partial charge on any atom is 0.0899 e. The molecule has 2 N–H and O–H groups in total. The maximum absolute atomic E-state index is 11.2. The Labute approximate surface area is 87.1 Å². The van der Waals surface area contributed by atoms with Crippen LogP contribution in [0.25, 0.3) is 0 Å². The van der Waals surface area contributed by atoms with Gasteiger partial charge in [0, 0.05) is 28.9 Å². The van der Waals surface area contributed by atoms with E-state index in [0.29, 0.717) is 4.99 Å². The zero-order valence-corrected chi connectivity index (χ0v) is 9.50. The van der Waals surface area contributed by atoms with E-state index in [1.54, 1.807) is 0 Å². The van der Waals surface area contributed by atoms with Crippen molar-refractivity contribution in [3.63, 3.8) is 0 Å². The quantitative estimate of drug-likeness (QED) is 0.671. The van der Waals surface area contributed by atoms with Crippen LogP contribution >= 0.6 is 12.2 Å². The van der Waals surface area contributed by atoms with E-state index in [1.165, 1.54) is 0 Å². The van der Waals surface area contributed by atoms with E-state index < -0.39 is 10.8 Å². The van der Waals surface area contributed by atoms with Gasteiger partial charge in [-0.2, -0.15) is 0 Å². The van der Waals surface area contributed by atoms with Gasteiger partial charge in [0.2, 0.25) is 0 Å². The number of nitrogens with zero attached hydrogens (tertiary/aromatic N) is 1. The van der Waals surface area contributed by atoms with Crippen LogP contribution in [0, 0.1) is 0 Å². The average molecular weight is 220 g/mol. The highest BCUT2D eigenvalue weighted by Crippen LogP contribution is 2.06. The standard InChI is InChI=1S/C8H16N2OS2/c1-7(8(9)12)10-3-2-5-13(11)6-4-10/h7H,2-6H2,1H3,(H2,9,12). The highest BCUT2D eigenvalue weighted by molar-refractivity contribution is 7.85. The third-order valence-corrected chi connectivity index (χ3v) is 4.11. The van der Waals surface area contributed by atoms with Gasteiger partial charge in [0.05, 0.1) is 11.0 Å². The van der Waals surface area contributed by atoms with Crippen LogP contribution in [0.1, 0.15) is 13.3 Å². The van der Waals surface area contributed by atoms with Gasteiger partial charge in [-0.15, -0.1) is 0 Å². The van der Waals surface area contributed by atoms with Crippen LogP contribution < -0.4 is 5.73 Å². The van der Waals surface area contributed by atoms with Gasteiger partial charge in [-0.3, -0.25) is 9.11 Å². The lowest BCUT2D eigenvalue weighted by Gasteiger charge is -2.25. The second-order valence-corrected chi connectivity index (χ2v) is 5.48. The number of hydrogen-bond donors (Lipinski definition) is 1. The fourth-order valence-corrected chi connectivity index (χ4v) is 2.67. The lowest BCUT2D eigenvalue weighted by atomic mass is 10.2. The fraction of sp³-hybridized carbons (Fsp3) is 0.875. The molecule has 0 amide bonds. The first-order chi connectivity index (χ1) is 6.11. The molecular weight excluding hydrogens is 204 g/mol. The van der Waals surface area contributed by atoms with Crippen LogP contribution in [0.5, 0.6) is 0 Å². The van der Waals surface area contributed by atoms with E-state index in [2.05, 4.69) is 4.90 Å². The van der Waals surface area contributed by atoms with Crippen molar-refractivity contribution in [3.05, 3.63) is 0 Å². The molecule has 0 bridgehead atoms. The van der Waals surface area contributed by atoms with Crippen LogP contribution in [-0.4, -0.2) is 44.7 Å². The van der Waals surface area contributed by atoms with Crippen molar-refractivity contribution in [3.8, 4) is 0 Å². The second-order valence-electron chi connectivity index (χ2n) is 3.32. The summed E-state index contributed by atoms with van der Waals surface area (Å²) in [5.41, 5.74) is 5.57. The minimum Gasteiger partial charge on any atom is -0.392 e. The molecule has 1 aliphatic heterocycles. The number of rotatable bonds is 2. The molecule has 3 nitrogen and oxygen atoms in total. The first-order valence-electron chi connectivity index (χ1n) is 4.49. The van der Waals surface area contributed by atoms with Crippen LogP contribution in [0.2, 0.25) is 0 Å². The molecule has 1 saturated heterocycles. The summed E-state index contributed by atoms with van der Waals surface area (Å²) in [6, 6.07) is 0.144. The van der Waals surface area contributed by atoms with Gasteiger partial charge in [-0.1, -0.05) is 12.2 Å². The third kappa shape index (κ3) is 3.32. The molecule has 76 valence electrons. The Balaban J connectivity index is 2.50. The minimum absolute atomic E-state index is 0.144. The molecule has 1 aliphatic rings. The lowest BCUT2D eigenvalue weighted by Crippen LogP contribution is -2.42. The van der Waals surface area contributed by atoms with Crippen LogP contribution in [0.3, 0.4) is 0 Å². The molecule has 0 spiro atoms. The van der Waals surface area contributed by atoms with E-state index in [1.807, 2.05) is 6.92 Å². The van der Waals surface area contributed by atoms with Crippen LogP contribution in [0.4, 0.5) is 0 Å². The molecule has 0 aromatic rings. The summed E-state index contributed by atoms with van der Waals surface area (Å²) < 4.78 is 11.2. The molecule has 2 atom stereocenters. The molecule has 5 heteroatoms. The first-order valence-corrected chi connectivity index (χ1v) is 6.39. The van der Waals surface area contributed by atoms with Gasteiger partial charge in [0.25, 0.3) is 0 Å². The van der Waals surface area contributed by atoms with E-state index in [4.69, 9.17) is 18.0 Å². The van der Waals surface area contributed by atoms with Crippen molar-refractivity contribution in [2.45, 2.75) is 19.4 Å². The predicted octanol–water partition coefficient (Wildman–Crippen LogP) is 0.115. The Morgan fingerprint density at radius 3 is 2.85 bits per heavy atom. The van der Waals surface area contributed by atoms with Crippen molar-refractivity contribution in [2.75, 3.05) is 24.6 Å². The van der Waals surface area contributed by atoms with Crippen molar-refractivity contribution in [1.29, 1.82) is 0 Å². The second kappa shape index (κ2) is 5.02. The minimum atomic E-state index is -0.634. The van der Waals surface area contributed by atoms with Crippen molar-refractivity contribution in [1.82, 2.24) is 4.90 Å². The molecule has 13 heavy (non-hydrogen) atoms. The normalized spacial score (nSPS) is 27.9. The molecule has 0 aromatic carbocycles. The predicted molar refractivity (Wildman–Crippen MR) is 60.3 cm³/mol. The monoisotopic (exact) mass is 220 g/mol. The Morgan fingerprint density at radius 1 is 1.54 bits per heavy atom. The zero-order chi connectivity index (χ0) is 9.84. The fourth-order valence-electron chi connectivity index (χ4n) is 1.43. The summed E-state index contributed by atoms with van der Waals surface area (Å²) in [6.45, 7) is 3.83. The van der Waals surface area contributed by atoms with E-state index >= 15 is 0 Å². The van der Waals surface area contributed by atoms with Gasteiger partial charge in [0.1, 0.15) is 0 Å². The highest BCUT2D eigenvalue weighted by atomic mass is 32.2. The SMILES string of the molecule is CC(C(N)=S)N1CCCS(=O)CC1. The van der Waals surface area contributed by atoms with Crippen molar-refractivity contribution < 1.29 is 4.21 Å². The average Bonchev–Trinajstić information content (AvgIpc) is 2.28. The number of thiocarbonyl (C=S) groups is 1. The number of nitrogens with two attached hydrogens (primary N) is 1. The van der Waals surface area contributed by atoms with Gasteiger partial charge in [-0.25, -0.2) is 0 Å². The number of hydrogen-bond acceptors (Lipinski definition) is 3. The highest BCUT2D eigenvalue weighted by Gasteiger charge is 2.19. The Morgan fingerprint density at radius 2 is 2.23 bits per heavy atom. The topological polar surface area (TPSA) is 46.3 Å².